The lowest BCUT2D eigenvalue weighted by Gasteiger charge is -2.18. The van der Waals surface area contributed by atoms with Crippen molar-refractivity contribution in [1.82, 2.24) is 0 Å². The molecule has 0 aromatic heterocycles. The van der Waals surface area contributed by atoms with E-state index in [9.17, 15) is 10.2 Å². The first kappa shape index (κ1) is 13.5. The van der Waals surface area contributed by atoms with E-state index in [4.69, 9.17) is 11.6 Å². The Labute approximate surface area is 111 Å². The van der Waals surface area contributed by atoms with Gasteiger partial charge in [-0.2, -0.15) is 0 Å². The Balaban J connectivity index is 2.86. The zero-order valence-corrected chi connectivity index (χ0v) is 11.8. The summed E-state index contributed by atoms with van der Waals surface area (Å²) in [6.07, 6.45) is -1.17. The minimum Gasteiger partial charge on any atom is -0.390 e. The number of rotatable bonds is 4. The summed E-state index contributed by atoms with van der Waals surface area (Å²) in [5, 5.41) is 20.7. The van der Waals surface area contributed by atoms with E-state index in [2.05, 4.69) is 31.9 Å². The van der Waals surface area contributed by atoms with Gasteiger partial charge in [0.2, 0.25) is 0 Å². The standard InChI is InChI=1S/C10H11Br2ClO2/c11-4-3-9(14)10(15)7-2-1-6(13)5-8(7)12/h1-2,5,9-10,14-15H,3-4H2. The molecule has 0 aliphatic heterocycles. The fourth-order valence-electron chi connectivity index (χ4n) is 1.22. The fourth-order valence-corrected chi connectivity index (χ4v) is 2.60. The molecule has 0 aliphatic carbocycles. The SMILES string of the molecule is OC(CCBr)C(O)c1ccc(Cl)cc1Br. The van der Waals surface area contributed by atoms with Crippen LogP contribution in [0.25, 0.3) is 0 Å². The van der Waals surface area contributed by atoms with Crippen LogP contribution in [0.2, 0.25) is 5.02 Å². The molecule has 1 aromatic rings. The third kappa shape index (κ3) is 3.71. The maximum atomic E-state index is 9.85. The molecule has 1 aromatic carbocycles. The van der Waals surface area contributed by atoms with Crippen molar-refractivity contribution >= 4 is 43.5 Å². The Morgan fingerprint density at radius 2 is 2.00 bits per heavy atom. The first-order valence-corrected chi connectivity index (χ1v) is 6.72. The monoisotopic (exact) mass is 356 g/mol. The van der Waals surface area contributed by atoms with Gasteiger partial charge < -0.3 is 10.2 Å². The summed E-state index contributed by atoms with van der Waals surface area (Å²) >= 11 is 12.3. The van der Waals surface area contributed by atoms with Crippen molar-refractivity contribution in [3.05, 3.63) is 33.3 Å². The van der Waals surface area contributed by atoms with Gasteiger partial charge in [0.1, 0.15) is 6.10 Å². The van der Waals surface area contributed by atoms with Crippen LogP contribution in [-0.4, -0.2) is 21.6 Å². The molecular formula is C10H11Br2ClO2. The molecule has 84 valence electrons. The summed E-state index contributed by atoms with van der Waals surface area (Å²) in [5.41, 5.74) is 0.646. The van der Waals surface area contributed by atoms with Gasteiger partial charge in [-0.3, -0.25) is 0 Å². The molecule has 1 rings (SSSR count). The minimum atomic E-state index is -0.894. The molecule has 0 bridgehead atoms. The summed E-state index contributed by atoms with van der Waals surface area (Å²) in [5.74, 6) is 0. The fraction of sp³-hybridized carbons (Fsp3) is 0.400. The van der Waals surface area contributed by atoms with Crippen LogP contribution >= 0.6 is 43.5 Å². The van der Waals surface area contributed by atoms with E-state index in [1.54, 1.807) is 18.2 Å². The van der Waals surface area contributed by atoms with Crippen LogP contribution in [0.3, 0.4) is 0 Å². The summed E-state index contributed by atoms with van der Waals surface area (Å²) in [6.45, 7) is 0. The van der Waals surface area contributed by atoms with Gasteiger partial charge in [0, 0.05) is 14.8 Å². The van der Waals surface area contributed by atoms with Crippen LogP contribution in [0.4, 0.5) is 0 Å². The van der Waals surface area contributed by atoms with E-state index in [1.165, 1.54) is 0 Å². The van der Waals surface area contributed by atoms with Crippen LogP contribution in [-0.2, 0) is 0 Å². The number of hydrogen-bond donors (Lipinski definition) is 2. The molecule has 0 aliphatic rings. The second kappa shape index (κ2) is 6.21. The average molecular weight is 358 g/mol. The molecule has 2 N–H and O–H groups in total. The number of aliphatic hydroxyl groups is 2. The Hall–Kier alpha value is 0.390. The highest BCUT2D eigenvalue weighted by Gasteiger charge is 2.19. The van der Waals surface area contributed by atoms with E-state index in [1.807, 2.05) is 0 Å². The zero-order chi connectivity index (χ0) is 11.4. The Morgan fingerprint density at radius 1 is 1.33 bits per heavy atom. The summed E-state index contributed by atoms with van der Waals surface area (Å²) in [7, 11) is 0. The molecule has 0 radical (unpaired) electrons. The van der Waals surface area contributed by atoms with Crippen molar-refractivity contribution in [1.29, 1.82) is 0 Å². The number of benzene rings is 1. The first-order chi connectivity index (χ1) is 7.06. The van der Waals surface area contributed by atoms with Crippen molar-refractivity contribution in [2.24, 2.45) is 0 Å². The van der Waals surface area contributed by atoms with Crippen molar-refractivity contribution in [2.45, 2.75) is 18.6 Å². The topological polar surface area (TPSA) is 40.5 Å². The summed E-state index contributed by atoms with van der Waals surface area (Å²) < 4.78 is 0.705. The molecule has 0 spiro atoms. The molecule has 2 atom stereocenters. The van der Waals surface area contributed by atoms with E-state index in [0.717, 1.165) is 0 Å². The molecule has 5 heteroatoms. The normalized spacial score (nSPS) is 15.0. The van der Waals surface area contributed by atoms with Gasteiger partial charge in [0.25, 0.3) is 0 Å². The van der Waals surface area contributed by atoms with Gasteiger partial charge >= 0.3 is 0 Å². The molecule has 0 saturated heterocycles. The highest BCUT2D eigenvalue weighted by molar-refractivity contribution is 9.10. The highest BCUT2D eigenvalue weighted by Crippen LogP contribution is 2.29. The van der Waals surface area contributed by atoms with Crippen molar-refractivity contribution in [2.75, 3.05) is 5.33 Å². The quantitative estimate of drug-likeness (QED) is 0.811. The second-order valence-corrected chi connectivity index (χ2v) is 5.24. The lowest BCUT2D eigenvalue weighted by atomic mass is 10.0. The number of aliphatic hydroxyl groups excluding tert-OH is 2. The summed E-state index contributed by atoms with van der Waals surface area (Å²) in [6, 6.07) is 5.08. The summed E-state index contributed by atoms with van der Waals surface area (Å²) in [4.78, 5) is 0. The third-order valence-corrected chi connectivity index (χ3v) is 3.43. The molecule has 0 amide bonds. The van der Waals surface area contributed by atoms with Crippen molar-refractivity contribution < 1.29 is 10.2 Å². The molecule has 15 heavy (non-hydrogen) atoms. The molecular weight excluding hydrogens is 347 g/mol. The lowest BCUT2D eigenvalue weighted by Crippen LogP contribution is -2.18. The van der Waals surface area contributed by atoms with Gasteiger partial charge in [-0.05, 0) is 24.1 Å². The second-order valence-electron chi connectivity index (χ2n) is 3.16. The van der Waals surface area contributed by atoms with E-state index >= 15 is 0 Å². The molecule has 2 nitrogen and oxygen atoms in total. The third-order valence-electron chi connectivity index (χ3n) is 2.05. The Bertz CT molecular complexity index is 333. The van der Waals surface area contributed by atoms with Crippen LogP contribution in [0.5, 0.6) is 0 Å². The highest BCUT2D eigenvalue weighted by atomic mass is 79.9. The van der Waals surface area contributed by atoms with Crippen molar-refractivity contribution in [3.63, 3.8) is 0 Å². The minimum absolute atomic E-state index is 0.496. The van der Waals surface area contributed by atoms with Gasteiger partial charge in [-0.15, -0.1) is 0 Å². The van der Waals surface area contributed by atoms with Gasteiger partial charge in [-0.1, -0.05) is 49.5 Å². The predicted octanol–water partition coefficient (Wildman–Crippen LogP) is 3.28. The molecule has 0 saturated carbocycles. The lowest BCUT2D eigenvalue weighted by molar-refractivity contribution is 0.0169. The number of alkyl halides is 1. The average Bonchev–Trinajstić information content (AvgIpc) is 2.17. The smallest absolute Gasteiger partial charge is 0.106 e. The van der Waals surface area contributed by atoms with Gasteiger partial charge in [-0.25, -0.2) is 0 Å². The Kier molecular flexibility index (Phi) is 5.57. The molecule has 2 unspecified atom stereocenters. The largest absolute Gasteiger partial charge is 0.390 e. The van der Waals surface area contributed by atoms with Crippen LogP contribution < -0.4 is 0 Å². The van der Waals surface area contributed by atoms with Crippen LogP contribution in [0.15, 0.2) is 22.7 Å². The first-order valence-electron chi connectivity index (χ1n) is 4.43. The maximum Gasteiger partial charge on any atom is 0.106 e. The maximum absolute atomic E-state index is 9.85. The van der Waals surface area contributed by atoms with E-state index in [-0.39, 0.29) is 0 Å². The van der Waals surface area contributed by atoms with E-state index < -0.39 is 12.2 Å². The van der Waals surface area contributed by atoms with Crippen LogP contribution in [0.1, 0.15) is 18.1 Å². The number of hydrogen-bond acceptors (Lipinski definition) is 2. The predicted molar refractivity (Wildman–Crippen MR) is 68.5 cm³/mol. The molecule has 0 fully saturated rings. The van der Waals surface area contributed by atoms with Crippen molar-refractivity contribution in [3.8, 4) is 0 Å². The zero-order valence-electron chi connectivity index (χ0n) is 7.83. The number of halogens is 3. The van der Waals surface area contributed by atoms with Crippen LogP contribution in [0, 0.1) is 0 Å². The van der Waals surface area contributed by atoms with Gasteiger partial charge in [0.05, 0.1) is 6.10 Å². The Morgan fingerprint density at radius 3 is 2.53 bits per heavy atom. The van der Waals surface area contributed by atoms with Gasteiger partial charge in [0.15, 0.2) is 0 Å². The molecule has 0 heterocycles. The van der Waals surface area contributed by atoms with E-state index in [0.29, 0.717) is 26.8 Å².